The lowest BCUT2D eigenvalue weighted by atomic mass is 9.74. The third kappa shape index (κ3) is 5.10. The monoisotopic (exact) mass is 671 g/mol. The van der Waals surface area contributed by atoms with Crippen LogP contribution in [0.3, 0.4) is 0 Å². The summed E-state index contributed by atoms with van der Waals surface area (Å²) in [5, 5.41) is 5.36. The Morgan fingerprint density at radius 3 is 1.76 bits per heavy atom. The van der Waals surface area contributed by atoms with Crippen LogP contribution in [0.2, 0.25) is 0 Å². The second kappa shape index (κ2) is 12.7. The molecular weight excluding hydrogens is 635 g/mol. The molecule has 6 aromatic carbocycles. The predicted octanol–water partition coefficient (Wildman–Crippen LogP) is 7.95. The number of rotatable bonds is 7. The van der Waals surface area contributed by atoms with E-state index in [9.17, 15) is 0 Å². The molecule has 9 rings (SSSR count). The summed E-state index contributed by atoms with van der Waals surface area (Å²) in [5.74, 6) is 0.704. The van der Waals surface area contributed by atoms with Gasteiger partial charge in [-0.1, -0.05) is 182 Å². The van der Waals surface area contributed by atoms with E-state index in [4.69, 9.17) is 9.97 Å². The van der Waals surface area contributed by atoms with E-state index in [0.717, 1.165) is 16.9 Å². The molecule has 0 saturated heterocycles. The number of para-hydroxylation sites is 1. The quantitative estimate of drug-likeness (QED) is 0.127. The molecule has 0 spiro atoms. The molecule has 0 amide bonds. The molecule has 2 aliphatic rings. The van der Waals surface area contributed by atoms with E-state index in [1.165, 1.54) is 37.4 Å². The number of fused-ring (bicyclic) bond motifs is 3. The summed E-state index contributed by atoms with van der Waals surface area (Å²) in [4.78, 5) is 12.7. The third-order valence-corrected chi connectivity index (χ3v) is 15.5. The fourth-order valence-electron chi connectivity index (χ4n) is 8.30. The van der Waals surface area contributed by atoms with Crippen molar-refractivity contribution in [3.63, 3.8) is 0 Å². The zero-order chi connectivity index (χ0) is 34.3. The maximum atomic E-state index is 5.36. The summed E-state index contributed by atoms with van der Waals surface area (Å²) in [6.45, 7) is 2.33. The number of allylic oxidation sites excluding steroid dienone is 2. The van der Waals surface area contributed by atoms with E-state index in [1.54, 1.807) is 0 Å². The average molecular weight is 672 g/mol. The fourth-order valence-corrected chi connectivity index (χ4v) is 13.1. The summed E-state index contributed by atoms with van der Waals surface area (Å²) < 4.78 is 0. The van der Waals surface area contributed by atoms with Crippen LogP contribution in [0.15, 0.2) is 200 Å². The molecule has 4 heteroatoms. The van der Waals surface area contributed by atoms with Crippen molar-refractivity contribution in [3.8, 4) is 11.3 Å². The molecule has 1 aliphatic carbocycles. The van der Waals surface area contributed by atoms with Crippen molar-refractivity contribution in [3.05, 3.63) is 211 Å². The molecule has 0 fully saturated rings. The SMILES string of the molecule is CC12C=CC(c3ccccc3)=CC1N(c1nccc(-c3cccc([Si](c4ccccc4)(c4ccccc4)c4ccccc4)c3)n1)c1ccccc12. The van der Waals surface area contributed by atoms with E-state index >= 15 is 0 Å². The smallest absolute Gasteiger partial charge is 0.231 e. The number of benzene rings is 6. The first-order valence-electron chi connectivity index (χ1n) is 17.6. The molecule has 2 unspecified atom stereocenters. The van der Waals surface area contributed by atoms with Crippen LogP contribution >= 0.6 is 0 Å². The Morgan fingerprint density at radius 2 is 1.12 bits per heavy atom. The second-order valence-corrected chi connectivity index (χ2v) is 17.4. The highest BCUT2D eigenvalue weighted by Crippen LogP contribution is 2.51. The van der Waals surface area contributed by atoms with Crippen molar-refractivity contribution in [2.45, 2.75) is 18.4 Å². The maximum absolute atomic E-state index is 5.36. The molecule has 0 saturated carbocycles. The topological polar surface area (TPSA) is 29.0 Å². The zero-order valence-electron chi connectivity index (χ0n) is 28.5. The first-order valence-corrected chi connectivity index (χ1v) is 19.6. The Bertz CT molecular complexity index is 2290. The molecule has 1 aromatic heterocycles. The average Bonchev–Trinajstić information content (AvgIpc) is 3.48. The van der Waals surface area contributed by atoms with Crippen molar-refractivity contribution in [1.82, 2.24) is 9.97 Å². The van der Waals surface area contributed by atoms with Gasteiger partial charge in [0.05, 0.1) is 11.7 Å². The van der Waals surface area contributed by atoms with Gasteiger partial charge in [-0.3, -0.25) is 0 Å². The summed E-state index contributed by atoms with van der Waals surface area (Å²) in [6.07, 6.45) is 8.95. The Labute approximate surface area is 301 Å². The highest BCUT2D eigenvalue weighted by atomic mass is 28.3. The van der Waals surface area contributed by atoms with E-state index in [0.29, 0.717) is 5.95 Å². The fraction of sp³-hybridized carbons (Fsp3) is 0.0638. The van der Waals surface area contributed by atoms with Crippen LogP contribution < -0.4 is 25.6 Å². The van der Waals surface area contributed by atoms with Gasteiger partial charge in [0.25, 0.3) is 0 Å². The molecule has 0 N–H and O–H groups in total. The van der Waals surface area contributed by atoms with Crippen LogP contribution in [0, 0.1) is 0 Å². The number of hydrogen-bond acceptors (Lipinski definition) is 3. The maximum Gasteiger partial charge on any atom is 0.231 e. The lowest BCUT2D eigenvalue weighted by molar-refractivity contribution is 0.548. The number of anilines is 2. The highest BCUT2D eigenvalue weighted by Gasteiger charge is 2.48. The van der Waals surface area contributed by atoms with Gasteiger partial charge in [0.15, 0.2) is 8.07 Å². The Kier molecular flexibility index (Phi) is 7.67. The van der Waals surface area contributed by atoms with Gasteiger partial charge in [-0.15, -0.1) is 0 Å². The van der Waals surface area contributed by atoms with Gasteiger partial charge < -0.3 is 4.90 Å². The number of nitrogens with zero attached hydrogens (tertiary/aromatic N) is 3. The van der Waals surface area contributed by atoms with E-state index < -0.39 is 8.07 Å². The second-order valence-electron chi connectivity index (χ2n) is 13.6. The van der Waals surface area contributed by atoms with Gasteiger partial charge >= 0.3 is 0 Å². The van der Waals surface area contributed by atoms with Crippen molar-refractivity contribution in [2.24, 2.45) is 0 Å². The van der Waals surface area contributed by atoms with Crippen LogP contribution in [-0.4, -0.2) is 24.1 Å². The third-order valence-electron chi connectivity index (χ3n) is 10.8. The van der Waals surface area contributed by atoms with Crippen LogP contribution in [0.5, 0.6) is 0 Å². The van der Waals surface area contributed by atoms with E-state index in [1.807, 2.05) is 12.3 Å². The molecule has 7 aromatic rings. The van der Waals surface area contributed by atoms with Gasteiger partial charge in [-0.2, -0.15) is 0 Å². The number of aromatic nitrogens is 2. The Balaban J connectivity index is 1.19. The normalized spacial score (nSPS) is 17.8. The van der Waals surface area contributed by atoms with Crippen molar-refractivity contribution < 1.29 is 0 Å². The van der Waals surface area contributed by atoms with E-state index in [-0.39, 0.29) is 11.5 Å². The zero-order valence-corrected chi connectivity index (χ0v) is 29.5. The lowest BCUT2D eigenvalue weighted by Gasteiger charge is -2.35. The largest absolute Gasteiger partial charge is 0.302 e. The molecule has 1 aliphatic heterocycles. The van der Waals surface area contributed by atoms with Crippen molar-refractivity contribution in [2.75, 3.05) is 4.90 Å². The van der Waals surface area contributed by atoms with Crippen LogP contribution in [0.4, 0.5) is 11.6 Å². The predicted molar refractivity (Wildman–Crippen MR) is 214 cm³/mol. The standard InChI is InChI=1S/C47H37N3Si/c1-47-31-29-36(35-17-6-2-7-18-35)34-45(47)50(44-28-15-14-27-42(44)47)46-48-32-30-43(49-46)37-19-16-26-41(33-37)51(38-20-8-3-9-21-38,39-22-10-4-11-23-39)40-24-12-5-13-25-40/h2-34,45H,1H3. The van der Waals surface area contributed by atoms with Gasteiger partial charge in [0.2, 0.25) is 5.95 Å². The summed E-state index contributed by atoms with van der Waals surface area (Å²) in [5.41, 5.74) is 6.62. The molecule has 51 heavy (non-hydrogen) atoms. The minimum Gasteiger partial charge on any atom is -0.302 e. The number of hydrogen-bond donors (Lipinski definition) is 0. The highest BCUT2D eigenvalue weighted by molar-refractivity contribution is 7.19. The summed E-state index contributed by atoms with van der Waals surface area (Å²) in [6, 6.07) is 63.7. The van der Waals surface area contributed by atoms with Crippen molar-refractivity contribution >= 4 is 46.0 Å². The van der Waals surface area contributed by atoms with Gasteiger partial charge in [-0.25, -0.2) is 9.97 Å². The molecule has 2 atom stereocenters. The first-order chi connectivity index (χ1) is 25.2. The summed E-state index contributed by atoms with van der Waals surface area (Å²) >= 11 is 0. The first kappa shape index (κ1) is 30.9. The minimum atomic E-state index is -2.69. The van der Waals surface area contributed by atoms with E-state index in [2.05, 4.69) is 200 Å². The molecule has 0 radical (unpaired) electrons. The van der Waals surface area contributed by atoms with Crippen LogP contribution in [-0.2, 0) is 5.41 Å². The molecular formula is C47H37N3Si. The van der Waals surface area contributed by atoms with Gasteiger partial charge in [-0.05, 0) is 56.5 Å². The lowest BCUT2D eigenvalue weighted by Crippen LogP contribution is -2.74. The van der Waals surface area contributed by atoms with Crippen LogP contribution in [0.1, 0.15) is 18.1 Å². The molecule has 3 nitrogen and oxygen atoms in total. The minimum absolute atomic E-state index is 0.0194. The van der Waals surface area contributed by atoms with Gasteiger partial charge in [0.1, 0.15) is 0 Å². The van der Waals surface area contributed by atoms with Crippen LogP contribution in [0.25, 0.3) is 16.8 Å². The molecule has 2 heterocycles. The van der Waals surface area contributed by atoms with Gasteiger partial charge in [0, 0.05) is 22.9 Å². The Hall–Kier alpha value is -6.10. The summed E-state index contributed by atoms with van der Waals surface area (Å²) in [7, 11) is -2.69. The molecule has 0 bridgehead atoms. The molecule has 244 valence electrons. The Morgan fingerprint density at radius 1 is 0.569 bits per heavy atom. The van der Waals surface area contributed by atoms with Crippen molar-refractivity contribution in [1.29, 1.82) is 0 Å².